The number of carbonyl (C=O) groups is 1. The summed E-state index contributed by atoms with van der Waals surface area (Å²) in [5, 5.41) is 3.76. The third-order valence-electron chi connectivity index (χ3n) is 11.0. The molecule has 2 saturated heterocycles. The van der Waals surface area contributed by atoms with Crippen molar-refractivity contribution >= 4 is 22.9 Å². The van der Waals surface area contributed by atoms with Crippen LogP contribution >= 0.6 is 0 Å². The number of likely N-dealkylation sites (tertiary alicyclic amines) is 2. The van der Waals surface area contributed by atoms with Crippen molar-refractivity contribution < 1.29 is 27.8 Å². The van der Waals surface area contributed by atoms with E-state index in [2.05, 4.69) is 26.9 Å². The van der Waals surface area contributed by atoms with E-state index < -0.39 is 5.41 Å². The molecule has 5 aromatic rings. The number of fused-ring (bicyclic) bond motifs is 1. The molecular formula is C42H50FN5O5. The fraction of sp³-hybridized carbons (Fsp3) is 0.429. The zero-order valence-corrected chi connectivity index (χ0v) is 31.2. The Kier molecular flexibility index (Phi) is 10.9. The smallest absolute Gasteiger partial charge is 0.229 e. The summed E-state index contributed by atoms with van der Waals surface area (Å²) in [4.78, 5) is 23.8. The van der Waals surface area contributed by atoms with Crippen LogP contribution in [0.2, 0.25) is 0 Å². The minimum Gasteiger partial charge on any atom is -0.493 e. The first-order valence-electron chi connectivity index (χ1n) is 18.6. The number of piperidine rings is 1. The zero-order chi connectivity index (χ0) is 37.0. The molecular weight excluding hydrogens is 673 g/mol. The van der Waals surface area contributed by atoms with Crippen LogP contribution in [0.5, 0.6) is 17.2 Å². The van der Waals surface area contributed by atoms with Crippen molar-refractivity contribution in [1.29, 1.82) is 0 Å². The number of nitrogens with zero attached hydrogens (tertiary/aromatic N) is 4. The topological polar surface area (TPSA) is 94.2 Å². The number of nitrogens with one attached hydrogen (secondary N) is 1. The summed E-state index contributed by atoms with van der Waals surface area (Å²) in [6.07, 6.45) is 5.02. The van der Waals surface area contributed by atoms with Crippen LogP contribution in [0.3, 0.4) is 0 Å². The van der Waals surface area contributed by atoms with E-state index in [1.165, 1.54) is 12.1 Å². The number of aromatic nitrogens is 2. The molecule has 0 bridgehead atoms. The molecule has 53 heavy (non-hydrogen) atoms. The molecule has 0 radical (unpaired) electrons. The number of furan rings is 1. The van der Waals surface area contributed by atoms with Crippen LogP contribution in [0.25, 0.3) is 11.0 Å². The second-order valence-corrected chi connectivity index (χ2v) is 14.5. The fourth-order valence-corrected chi connectivity index (χ4v) is 8.16. The van der Waals surface area contributed by atoms with Crippen LogP contribution in [-0.2, 0) is 24.3 Å². The van der Waals surface area contributed by atoms with Gasteiger partial charge in [-0.05, 0) is 112 Å². The molecule has 2 aromatic heterocycles. The predicted molar refractivity (Wildman–Crippen MR) is 203 cm³/mol. The molecule has 7 rings (SSSR count). The average Bonchev–Trinajstić information content (AvgIpc) is 3.84. The number of para-hydroxylation sites is 2. The first-order chi connectivity index (χ1) is 25.8. The van der Waals surface area contributed by atoms with Gasteiger partial charge in [0.2, 0.25) is 17.6 Å². The van der Waals surface area contributed by atoms with Crippen LogP contribution in [0.1, 0.15) is 54.8 Å². The highest BCUT2D eigenvalue weighted by Gasteiger charge is 2.46. The third-order valence-corrected chi connectivity index (χ3v) is 11.0. The summed E-state index contributed by atoms with van der Waals surface area (Å²) >= 11 is 0. The summed E-state index contributed by atoms with van der Waals surface area (Å²) in [5.41, 5.74) is 3.39. The Balaban J connectivity index is 0.987. The number of rotatable bonds is 15. The van der Waals surface area contributed by atoms with Gasteiger partial charge in [-0.3, -0.25) is 4.79 Å². The lowest BCUT2D eigenvalue weighted by Gasteiger charge is -2.34. The normalized spacial score (nSPS) is 18.2. The van der Waals surface area contributed by atoms with Gasteiger partial charge in [0.25, 0.3) is 0 Å². The van der Waals surface area contributed by atoms with Gasteiger partial charge >= 0.3 is 0 Å². The van der Waals surface area contributed by atoms with E-state index >= 15 is 0 Å². The van der Waals surface area contributed by atoms with Crippen molar-refractivity contribution in [3.8, 4) is 17.2 Å². The molecule has 2 fully saturated rings. The number of imidazole rings is 1. The number of ether oxygens (including phenoxy) is 3. The van der Waals surface area contributed by atoms with Crippen molar-refractivity contribution in [2.75, 3.05) is 52.8 Å². The maximum Gasteiger partial charge on any atom is 0.229 e. The Labute approximate surface area is 310 Å². The van der Waals surface area contributed by atoms with E-state index in [4.69, 9.17) is 23.6 Å². The predicted octanol–water partition coefficient (Wildman–Crippen LogP) is 7.47. The monoisotopic (exact) mass is 723 g/mol. The molecule has 1 N–H and O–H groups in total. The molecule has 0 aliphatic carbocycles. The minimum atomic E-state index is -0.552. The Morgan fingerprint density at radius 3 is 2.32 bits per heavy atom. The van der Waals surface area contributed by atoms with Crippen LogP contribution in [-0.4, -0.2) is 78.8 Å². The highest BCUT2D eigenvalue weighted by molar-refractivity contribution is 5.85. The molecule has 2 aliphatic heterocycles. The lowest BCUT2D eigenvalue weighted by Crippen LogP contribution is -2.41. The van der Waals surface area contributed by atoms with Crippen molar-refractivity contribution in [3.63, 3.8) is 0 Å². The van der Waals surface area contributed by atoms with Crippen molar-refractivity contribution in [3.05, 3.63) is 101 Å². The Bertz CT molecular complexity index is 1990. The minimum absolute atomic E-state index is 0.145. The highest BCUT2D eigenvalue weighted by atomic mass is 19.1. The first-order valence-corrected chi connectivity index (χ1v) is 18.6. The number of hydrogen-bond donors (Lipinski definition) is 1. The van der Waals surface area contributed by atoms with Crippen molar-refractivity contribution in [2.45, 2.75) is 64.6 Å². The first kappa shape index (κ1) is 36.3. The summed E-state index contributed by atoms with van der Waals surface area (Å²) in [5.74, 6) is 4.21. The molecule has 2 aliphatic rings. The molecule has 0 saturated carbocycles. The number of amides is 1. The number of benzene rings is 3. The van der Waals surface area contributed by atoms with Gasteiger partial charge in [0, 0.05) is 32.2 Å². The highest BCUT2D eigenvalue weighted by Crippen LogP contribution is 2.43. The molecule has 280 valence electrons. The number of aryl methyl sites for hydroxylation is 1. The second-order valence-electron chi connectivity index (χ2n) is 14.5. The van der Waals surface area contributed by atoms with Crippen LogP contribution in [0, 0.1) is 18.2 Å². The Hall–Kier alpha value is -5.03. The molecule has 10 nitrogen and oxygen atoms in total. The van der Waals surface area contributed by atoms with E-state index in [9.17, 15) is 9.18 Å². The van der Waals surface area contributed by atoms with Crippen molar-refractivity contribution in [2.24, 2.45) is 5.41 Å². The SMILES string of the molecule is COc1cc(CN2CCC(CCCN3CCC(Nc4nc5ccccc5n4Cc4ccc(C)o4)CC3)(Cc3ccc(F)cc3)C2=O)cc(OC)c1OC. The molecule has 0 spiro atoms. The molecule has 4 heterocycles. The zero-order valence-electron chi connectivity index (χ0n) is 31.2. The van der Waals surface area contributed by atoms with E-state index in [1.807, 2.05) is 60.4 Å². The lowest BCUT2D eigenvalue weighted by molar-refractivity contribution is -0.137. The summed E-state index contributed by atoms with van der Waals surface area (Å²) in [6, 6.07) is 23.0. The number of carbonyl (C=O) groups excluding carboxylic acids is 1. The largest absolute Gasteiger partial charge is 0.493 e. The van der Waals surface area contributed by atoms with Gasteiger partial charge in [-0.25, -0.2) is 9.37 Å². The number of halogens is 1. The van der Waals surface area contributed by atoms with Gasteiger partial charge < -0.3 is 38.3 Å². The third kappa shape index (κ3) is 8.00. The van der Waals surface area contributed by atoms with E-state index in [1.54, 1.807) is 21.3 Å². The van der Waals surface area contributed by atoms with Gasteiger partial charge in [-0.1, -0.05) is 24.3 Å². The van der Waals surface area contributed by atoms with E-state index in [0.717, 1.165) is 91.4 Å². The van der Waals surface area contributed by atoms with Gasteiger partial charge in [-0.15, -0.1) is 0 Å². The quantitative estimate of drug-likeness (QED) is 0.119. The summed E-state index contributed by atoms with van der Waals surface area (Å²) < 4.78 is 38.6. The number of anilines is 1. The standard InChI is InChI=1S/C42H50FN5O5/c1-29-10-15-34(53-29)28-48-36-9-6-5-8-35(36)45-41(48)44-33-16-21-46(22-17-33)20-7-18-42(26-30-11-13-32(43)14-12-30)19-23-47(40(42)49)27-31-24-37(50-2)39(52-4)38(25-31)51-3/h5-6,8-15,24-25,33H,7,16-23,26-28H2,1-4H3,(H,44,45). The molecule has 1 atom stereocenters. The van der Waals surface area contributed by atoms with E-state index in [0.29, 0.717) is 49.3 Å². The molecule has 1 unspecified atom stereocenters. The fourth-order valence-electron chi connectivity index (χ4n) is 8.16. The van der Waals surface area contributed by atoms with E-state index in [-0.39, 0.29) is 11.7 Å². The van der Waals surface area contributed by atoms with Crippen LogP contribution in [0.15, 0.2) is 77.2 Å². The van der Waals surface area contributed by atoms with Gasteiger partial charge in [0.15, 0.2) is 11.5 Å². The lowest BCUT2D eigenvalue weighted by atomic mass is 9.76. The summed E-state index contributed by atoms with van der Waals surface area (Å²) in [7, 11) is 4.77. The maximum atomic E-state index is 14.4. The van der Waals surface area contributed by atoms with Crippen molar-refractivity contribution in [1.82, 2.24) is 19.4 Å². The van der Waals surface area contributed by atoms with Crippen LogP contribution in [0.4, 0.5) is 10.3 Å². The van der Waals surface area contributed by atoms with Gasteiger partial charge in [-0.2, -0.15) is 0 Å². The number of methoxy groups -OCH3 is 3. The van der Waals surface area contributed by atoms with Gasteiger partial charge in [0.1, 0.15) is 17.3 Å². The Morgan fingerprint density at radius 1 is 0.906 bits per heavy atom. The molecule has 3 aromatic carbocycles. The number of hydrogen-bond acceptors (Lipinski definition) is 8. The molecule has 1 amide bonds. The molecule has 11 heteroatoms. The maximum absolute atomic E-state index is 14.4. The summed E-state index contributed by atoms with van der Waals surface area (Å²) in [6.45, 7) is 6.55. The Morgan fingerprint density at radius 2 is 1.64 bits per heavy atom. The average molecular weight is 724 g/mol. The second kappa shape index (κ2) is 15.9. The van der Waals surface area contributed by atoms with Crippen LogP contribution < -0.4 is 19.5 Å². The van der Waals surface area contributed by atoms with Gasteiger partial charge in [0.05, 0.1) is 44.3 Å².